The zero-order valence-electron chi connectivity index (χ0n) is 16.2. The number of ether oxygens (including phenoxy) is 1. The summed E-state index contributed by atoms with van der Waals surface area (Å²) in [5.74, 6) is -0.307. The van der Waals surface area contributed by atoms with E-state index in [2.05, 4.69) is 24.0 Å². The molecule has 1 aromatic heterocycles. The number of alkyl halides is 4. The standard InChI is InChI=1S/C19H20F4N4O3/c1-11(2)12-3-5-13(6-4-12)30-10-26-8-7-14(24-26)17(28)27-19(29,18(22)23)9-15(25-27)16(20)21/h3-8,11,16,18,29H,9-10H2,1-2H3/t19-/m0/s1. The second-order valence-electron chi connectivity index (χ2n) is 7.10. The zero-order valence-corrected chi connectivity index (χ0v) is 16.2. The van der Waals surface area contributed by atoms with Crippen LogP contribution >= 0.6 is 0 Å². The van der Waals surface area contributed by atoms with Gasteiger partial charge in [0.1, 0.15) is 11.5 Å². The topological polar surface area (TPSA) is 80.0 Å². The Kier molecular flexibility index (Phi) is 6.11. The molecule has 3 rings (SSSR count). The predicted molar refractivity (Wildman–Crippen MR) is 98.6 cm³/mol. The molecule has 1 N–H and O–H groups in total. The number of nitrogens with zero attached hydrogens (tertiary/aromatic N) is 4. The number of carbonyl (C=O) groups excluding carboxylic acids is 1. The Morgan fingerprint density at radius 1 is 1.20 bits per heavy atom. The van der Waals surface area contributed by atoms with Gasteiger partial charge in [-0.3, -0.25) is 4.79 Å². The molecule has 30 heavy (non-hydrogen) atoms. The maximum Gasteiger partial charge on any atom is 0.297 e. The second kappa shape index (κ2) is 8.42. The van der Waals surface area contributed by atoms with Gasteiger partial charge in [0.2, 0.25) is 5.72 Å². The van der Waals surface area contributed by atoms with Gasteiger partial charge in [-0.15, -0.1) is 0 Å². The minimum absolute atomic E-state index is 0.0304. The number of halogens is 4. The number of benzene rings is 1. The molecule has 0 aliphatic carbocycles. The van der Waals surface area contributed by atoms with Crippen LogP contribution in [0, 0.1) is 0 Å². The lowest BCUT2D eigenvalue weighted by atomic mass is 10.0. The quantitative estimate of drug-likeness (QED) is 0.685. The molecule has 0 saturated heterocycles. The van der Waals surface area contributed by atoms with E-state index >= 15 is 0 Å². The Morgan fingerprint density at radius 2 is 1.87 bits per heavy atom. The highest BCUT2D eigenvalue weighted by atomic mass is 19.3. The van der Waals surface area contributed by atoms with E-state index in [1.165, 1.54) is 16.9 Å². The minimum atomic E-state index is -3.50. The predicted octanol–water partition coefficient (Wildman–Crippen LogP) is 3.46. The molecule has 2 heterocycles. The minimum Gasteiger partial charge on any atom is -0.471 e. The van der Waals surface area contributed by atoms with Crippen LogP contribution in [0.3, 0.4) is 0 Å². The molecule has 0 saturated carbocycles. The van der Waals surface area contributed by atoms with Crippen LogP contribution in [0.2, 0.25) is 0 Å². The van der Waals surface area contributed by atoms with Crippen molar-refractivity contribution in [3.63, 3.8) is 0 Å². The first kappa shape index (κ1) is 21.8. The first-order valence-corrected chi connectivity index (χ1v) is 9.08. The normalized spacial score (nSPS) is 19.1. The molecule has 0 fully saturated rings. The number of hydrogen-bond acceptors (Lipinski definition) is 5. The van der Waals surface area contributed by atoms with E-state index in [0.717, 1.165) is 5.56 Å². The summed E-state index contributed by atoms with van der Waals surface area (Å²) in [4.78, 5) is 12.5. The largest absolute Gasteiger partial charge is 0.471 e. The lowest BCUT2D eigenvalue weighted by Gasteiger charge is -2.29. The molecule has 1 amide bonds. The molecule has 0 unspecified atom stereocenters. The van der Waals surface area contributed by atoms with Gasteiger partial charge in [0.05, 0.1) is 0 Å². The first-order valence-electron chi connectivity index (χ1n) is 9.08. The van der Waals surface area contributed by atoms with Gasteiger partial charge in [-0.05, 0) is 29.7 Å². The highest BCUT2D eigenvalue weighted by Gasteiger charge is 2.53. The van der Waals surface area contributed by atoms with Gasteiger partial charge in [-0.1, -0.05) is 26.0 Å². The average molecular weight is 428 g/mol. The molecule has 11 heteroatoms. The molecule has 1 aliphatic heterocycles. The van der Waals surface area contributed by atoms with E-state index < -0.39 is 36.6 Å². The highest BCUT2D eigenvalue weighted by molar-refractivity contribution is 5.97. The number of aromatic nitrogens is 2. The monoisotopic (exact) mass is 428 g/mol. The molecule has 7 nitrogen and oxygen atoms in total. The van der Waals surface area contributed by atoms with Crippen molar-refractivity contribution in [1.29, 1.82) is 0 Å². The van der Waals surface area contributed by atoms with Crippen LogP contribution in [-0.4, -0.2) is 50.1 Å². The van der Waals surface area contributed by atoms with E-state index in [0.29, 0.717) is 11.7 Å². The van der Waals surface area contributed by atoms with Gasteiger partial charge >= 0.3 is 0 Å². The Bertz CT molecular complexity index is 930. The molecule has 0 bridgehead atoms. The summed E-state index contributed by atoms with van der Waals surface area (Å²) in [6.07, 6.45) is -6.48. The van der Waals surface area contributed by atoms with Crippen molar-refractivity contribution in [1.82, 2.24) is 14.8 Å². The first-order chi connectivity index (χ1) is 14.1. The number of hydrogen-bond donors (Lipinski definition) is 1. The van der Waals surface area contributed by atoms with Crippen LogP contribution in [0.1, 0.15) is 42.2 Å². The highest BCUT2D eigenvalue weighted by Crippen LogP contribution is 2.34. The fourth-order valence-electron chi connectivity index (χ4n) is 2.85. The van der Waals surface area contributed by atoms with Gasteiger partial charge in [-0.2, -0.15) is 15.2 Å². The molecule has 162 valence electrons. The summed E-state index contributed by atoms with van der Waals surface area (Å²) in [5.41, 5.74) is -3.37. The maximum absolute atomic E-state index is 13.3. The molecule has 0 spiro atoms. The summed E-state index contributed by atoms with van der Waals surface area (Å²) in [6.45, 7) is 4.03. The van der Waals surface area contributed by atoms with Crippen molar-refractivity contribution >= 4 is 11.6 Å². The average Bonchev–Trinajstić information content (AvgIpc) is 3.31. The summed E-state index contributed by atoms with van der Waals surface area (Å²) in [5, 5.41) is 17.1. The SMILES string of the molecule is CC(C)c1ccc(OCn2ccc(C(=O)N3N=C(C(F)F)C[C@]3(O)C(F)F)n2)cc1. The van der Waals surface area contributed by atoms with Gasteiger partial charge in [0.15, 0.2) is 12.4 Å². The Morgan fingerprint density at radius 3 is 2.43 bits per heavy atom. The third-order valence-electron chi connectivity index (χ3n) is 4.60. The van der Waals surface area contributed by atoms with Crippen LogP contribution in [-0.2, 0) is 6.73 Å². The van der Waals surface area contributed by atoms with Crippen LogP contribution < -0.4 is 4.74 Å². The smallest absolute Gasteiger partial charge is 0.297 e. The summed E-state index contributed by atoms with van der Waals surface area (Å²) in [7, 11) is 0. The van der Waals surface area contributed by atoms with Crippen molar-refractivity contribution in [2.45, 2.75) is 51.5 Å². The van der Waals surface area contributed by atoms with E-state index in [1.807, 2.05) is 12.1 Å². The van der Waals surface area contributed by atoms with Crippen molar-refractivity contribution < 1.29 is 32.2 Å². The fraction of sp³-hybridized carbons (Fsp3) is 0.421. The van der Waals surface area contributed by atoms with Gasteiger partial charge < -0.3 is 9.84 Å². The van der Waals surface area contributed by atoms with E-state index in [9.17, 15) is 27.5 Å². The van der Waals surface area contributed by atoms with Crippen molar-refractivity contribution in [3.8, 4) is 5.75 Å². The Hall–Kier alpha value is -2.95. The van der Waals surface area contributed by atoms with Crippen molar-refractivity contribution in [2.24, 2.45) is 5.10 Å². The van der Waals surface area contributed by atoms with Gasteiger partial charge in [0.25, 0.3) is 18.8 Å². The Balaban J connectivity index is 1.71. The van der Waals surface area contributed by atoms with Crippen molar-refractivity contribution in [2.75, 3.05) is 0 Å². The molecule has 1 aromatic carbocycles. The van der Waals surface area contributed by atoms with Gasteiger partial charge in [-0.25, -0.2) is 22.2 Å². The Labute approximate surface area is 169 Å². The van der Waals surface area contributed by atoms with Crippen LogP contribution in [0.15, 0.2) is 41.6 Å². The summed E-state index contributed by atoms with van der Waals surface area (Å²) in [6, 6.07) is 8.57. The third kappa shape index (κ3) is 4.30. The second-order valence-corrected chi connectivity index (χ2v) is 7.10. The van der Waals surface area contributed by atoms with Crippen LogP contribution in [0.25, 0.3) is 0 Å². The van der Waals surface area contributed by atoms with E-state index in [4.69, 9.17) is 4.74 Å². The molecule has 1 atom stereocenters. The third-order valence-corrected chi connectivity index (χ3v) is 4.60. The van der Waals surface area contributed by atoms with E-state index in [-0.39, 0.29) is 17.4 Å². The summed E-state index contributed by atoms with van der Waals surface area (Å²) >= 11 is 0. The van der Waals surface area contributed by atoms with Crippen molar-refractivity contribution in [3.05, 3.63) is 47.8 Å². The molecular weight excluding hydrogens is 408 g/mol. The number of hydrazone groups is 1. The van der Waals surface area contributed by atoms with E-state index in [1.54, 1.807) is 12.1 Å². The fourth-order valence-corrected chi connectivity index (χ4v) is 2.85. The number of aliphatic hydroxyl groups is 1. The lowest BCUT2D eigenvalue weighted by molar-refractivity contribution is -0.164. The molecule has 1 aliphatic rings. The number of rotatable bonds is 7. The number of carbonyl (C=O) groups is 1. The molecular formula is C19H20F4N4O3. The van der Waals surface area contributed by atoms with Crippen LogP contribution in [0.5, 0.6) is 5.75 Å². The molecule has 2 aromatic rings. The number of amides is 1. The zero-order chi connectivity index (χ0) is 22.1. The summed E-state index contributed by atoms with van der Waals surface area (Å²) < 4.78 is 59.0. The van der Waals surface area contributed by atoms with Crippen LogP contribution in [0.4, 0.5) is 17.6 Å². The maximum atomic E-state index is 13.3. The lowest BCUT2D eigenvalue weighted by Crippen LogP contribution is -2.51. The van der Waals surface area contributed by atoms with Gasteiger partial charge in [0, 0.05) is 12.6 Å². The molecule has 0 radical (unpaired) electrons.